The summed E-state index contributed by atoms with van der Waals surface area (Å²) in [6, 6.07) is 0. The van der Waals surface area contributed by atoms with Crippen molar-refractivity contribution in [2.45, 2.75) is 238 Å². The zero-order valence-electron chi connectivity index (χ0n) is 38.8. The summed E-state index contributed by atoms with van der Waals surface area (Å²) in [5.74, 6) is -0.841. The first-order valence-corrected chi connectivity index (χ1v) is 25.9. The van der Waals surface area contributed by atoms with Gasteiger partial charge in [0.05, 0.1) is 27.7 Å². The number of phosphoric acid groups is 1. The molecule has 0 amide bonds. The second-order valence-electron chi connectivity index (χ2n) is 17.8. The molecule has 0 bridgehead atoms. The van der Waals surface area contributed by atoms with Gasteiger partial charge in [0.2, 0.25) is 0 Å². The number of hydrogen-bond acceptors (Lipinski definition) is 8. The van der Waals surface area contributed by atoms with Crippen LogP contribution in [0.2, 0.25) is 0 Å². The second-order valence-corrected chi connectivity index (χ2v) is 19.2. The van der Waals surface area contributed by atoms with Gasteiger partial charge in [-0.05, 0) is 38.5 Å². The van der Waals surface area contributed by atoms with Gasteiger partial charge in [-0.25, -0.2) is 0 Å². The molecule has 0 aliphatic carbocycles. The fourth-order valence-electron chi connectivity index (χ4n) is 6.95. The number of quaternary nitrogens is 1. The van der Waals surface area contributed by atoms with Gasteiger partial charge in [0.15, 0.2) is 6.10 Å². The van der Waals surface area contributed by atoms with Crippen molar-refractivity contribution in [2.24, 2.45) is 0 Å². The van der Waals surface area contributed by atoms with E-state index in [2.05, 4.69) is 26.0 Å². The number of allylic oxidation sites excluding steroid dienone is 2. The molecule has 0 aromatic rings. The molecule has 0 heterocycles. The predicted molar refractivity (Wildman–Crippen MR) is 241 cm³/mol. The lowest BCUT2D eigenvalue weighted by Gasteiger charge is -2.28. The highest BCUT2D eigenvalue weighted by Crippen LogP contribution is 2.38. The Morgan fingerprint density at radius 1 is 0.517 bits per heavy atom. The predicted octanol–water partition coefficient (Wildman–Crippen LogP) is 13.5. The smallest absolute Gasteiger partial charge is 0.306 e. The summed E-state index contributed by atoms with van der Waals surface area (Å²) in [6.07, 6.45) is 43.9. The second kappa shape index (κ2) is 41.1. The number of likely N-dealkylation sites (N-methyl/N-ethyl adjacent to an activating group) is 1. The van der Waals surface area contributed by atoms with Crippen LogP contribution in [0.4, 0.5) is 0 Å². The van der Waals surface area contributed by atoms with Crippen molar-refractivity contribution < 1.29 is 42.1 Å². The van der Waals surface area contributed by atoms with Gasteiger partial charge in [0, 0.05) is 12.8 Å². The van der Waals surface area contributed by atoms with Crippen LogP contribution in [-0.4, -0.2) is 70.0 Å². The molecule has 0 N–H and O–H groups in total. The van der Waals surface area contributed by atoms with Crippen LogP contribution in [0, 0.1) is 0 Å². The standard InChI is InChI=1S/C48H94NO8P/c1-6-8-10-12-14-16-18-20-21-22-23-24-25-26-27-29-30-32-34-36-38-40-47(50)54-44-46(45-56-58(52,53)55-43-42-49(3,4)5)57-48(51)41-39-37-35-33-31-28-19-17-15-13-11-9-7-2/h28,31,46H,6-27,29-30,32-45H2,1-5H3/b31-28+/t46-/m0/s1. The lowest BCUT2D eigenvalue weighted by molar-refractivity contribution is -0.870. The van der Waals surface area contributed by atoms with E-state index in [-0.39, 0.29) is 32.0 Å². The molecular formula is C48H94NO8P. The molecule has 2 atom stereocenters. The average Bonchev–Trinajstić information content (AvgIpc) is 3.17. The van der Waals surface area contributed by atoms with Crippen molar-refractivity contribution in [1.29, 1.82) is 0 Å². The highest BCUT2D eigenvalue weighted by atomic mass is 31.2. The van der Waals surface area contributed by atoms with Crippen LogP contribution < -0.4 is 4.89 Å². The third-order valence-electron chi connectivity index (χ3n) is 10.8. The molecule has 0 saturated carbocycles. The largest absolute Gasteiger partial charge is 0.756 e. The van der Waals surface area contributed by atoms with Gasteiger partial charge >= 0.3 is 11.9 Å². The van der Waals surface area contributed by atoms with Crippen molar-refractivity contribution in [3.05, 3.63) is 12.2 Å². The maximum atomic E-state index is 12.7. The van der Waals surface area contributed by atoms with E-state index in [9.17, 15) is 19.0 Å². The summed E-state index contributed by atoms with van der Waals surface area (Å²) in [5.41, 5.74) is 0. The van der Waals surface area contributed by atoms with Crippen LogP contribution in [0.1, 0.15) is 232 Å². The molecule has 10 heteroatoms. The van der Waals surface area contributed by atoms with E-state index < -0.39 is 26.5 Å². The summed E-state index contributed by atoms with van der Waals surface area (Å²) < 4.78 is 33.9. The molecule has 0 aromatic carbocycles. The summed E-state index contributed by atoms with van der Waals surface area (Å²) in [4.78, 5) is 37.6. The number of carbonyl (C=O) groups is 2. The van der Waals surface area contributed by atoms with Crippen molar-refractivity contribution in [3.63, 3.8) is 0 Å². The zero-order chi connectivity index (χ0) is 42.8. The molecule has 0 fully saturated rings. The maximum Gasteiger partial charge on any atom is 0.306 e. The molecule has 9 nitrogen and oxygen atoms in total. The first-order valence-electron chi connectivity index (χ1n) is 24.4. The Kier molecular flexibility index (Phi) is 40.2. The Hall–Kier alpha value is -1.25. The van der Waals surface area contributed by atoms with E-state index >= 15 is 0 Å². The number of rotatable bonds is 45. The molecule has 344 valence electrons. The van der Waals surface area contributed by atoms with E-state index in [0.717, 1.165) is 44.9 Å². The minimum Gasteiger partial charge on any atom is -0.756 e. The number of unbranched alkanes of at least 4 members (excludes halogenated alkanes) is 29. The van der Waals surface area contributed by atoms with Gasteiger partial charge in [-0.1, -0.05) is 193 Å². The Labute approximate surface area is 358 Å². The quantitative estimate of drug-likeness (QED) is 0.0196. The van der Waals surface area contributed by atoms with E-state index in [4.69, 9.17) is 18.5 Å². The summed E-state index contributed by atoms with van der Waals surface area (Å²) >= 11 is 0. The number of phosphoric ester groups is 1. The fraction of sp³-hybridized carbons (Fsp3) is 0.917. The van der Waals surface area contributed by atoms with Crippen LogP contribution in [0.25, 0.3) is 0 Å². The summed E-state index contributed by atoms with van der Waals surface area (Å²) in [5, 5.41) is 0. The number of esters is 2. The zero-order valence-corrected chi connectivity index (χ0v) is 39.7. The molecule has 0 radical (unpaired) electrons. The van der Waals surface area contributed by atoms with E-state index in [1.165, 1.54) is 154 Å². The van der Waals surface area contributed by atoms with Crippen LogP contribution in [0.3, 0.4) is 0 Å². The summed E-state index contributed by atoms with van der Waals surface area (Å²) in [7, 11) is 1.17. The van der Waals surface area contributed by atoms with Crippen LogP contribution in [0.15, 0.2) is 12.2 Å². The first kappa shape index (κ1) is 56.8. The number of ether oxygens (including phenoxy) is 2. The van der Waals surface area contributed by atoms with Crippen LogP contribution in [-0.2, 0) is 32.7 Å². The van der Waals surface area contributed by atoms with Crippen molar-refractivity contribution in [2.75, 3.05) is 47.5 Å². The van der Waals surface area contributed by atoms with E-state index in [1.54, 1.807) is 0 Å². The van der Waals surface area contributed by atoms with Gasteiger partial charge in [0.25, 0.3) is 7.82 Å². The molecule has 0 aliphatic rings. The third-order valence-corrected chi connectivity index (χ3v) is 11.7. The van der Waals surface area contributed by atoms with Crippen molar-refractivity contribution in [1.82, 2.24) is 0 Å². The third kappa shape index (κ3) is 44.3. The van der Waals surface area contributed by atoms with Gasteiger partial charge in [-0.2, -0.15) is 0 Å². The average molecular weight is 844 g/mol. The van der Waals surface area contributed by atoms with Crippen molar-refractivity contribution in [3.8, 4) is 0 Å². The normalized spacial score (nSPS) is 13.6. The Bertz CT molecular complexity index is 1000. The molecule has 1 unspecified atom stereocenters. The highest BCUT2D eigenvalue weighted by molar-refractivity contribution is 7.45. The SMILES string of the molecule is CCCCCCCC/C=C/CCCCCC(=O)O[C@@H](COC(=O)CCCCCCCCCCCCCCCCCCCCCCC)COP(=O)([O-])OCC[N+](C)(C)C. The number of hydrogen-bond donors (Lipinski definition) is 0. The molecule has 0 aliphatic heterocycles. The van der Waals surface area contributed by atoms with Gasteiger partial charge in [0.1, 0.15) is 19.8 Å². The lowest BCUT2D eigenvalue weighted by atomic mass is 10.0. The monoisotopic (exact) mass is 844 g/mol. The van der Waals surface area contributed by atoms with E-state index in [1.807, 2.05) is 21.1 Å². The highest BCUT2D eigenvalue weighted by Gasteiger charge is 2.21. The minimum atomic E-state index is -4.62. The van der Waals surface area contributed by atoms with Crippen molar-refractivity contribution >= 4 is 19.8 Å². The molecule has 0 rings (SSSR count). The molecule has 0 spiro atoms. The van der Waals surface area contributed by atoms with Gasteiger partial charge in [-0.15, -0.1) is 0 Å². The Morgan fingerprint density at radius 3 is 1.29 bits per heavy atom. The van der Waals surface area contributed by atoms with E-state index in [0.29, 0.717) is 17.4 Å². The molecular weight excluding hydrogens is 750 g/mol. The fourth-order valence-corrected chi connectivity index (χ4v) is 7.67. The van der Waals surface area contributed by atoms with Crippen LogP contribution >= 0.6 is 7.82 Å². The minimum absolute atomic E-state index is 0.0303. The summed E-state index contributed by atoms with van der Waals surface area (Å²) in [6.45, 7) is 4.24. The van der Waals surface area contributed by atoms with Gasteiger partial charge in [-0.3, -0.25) is 14.2 Å². The molecule has 0 saturated heterocycles. The van der Waals surface area contributed by atoms with Crippen LogP contribution in [0.5, 0.6) is 0 Å². The number of nitrogens with zero attached hydrogens (tertiary/aromatic N) is 1. The molecule has 58 heavy (non-hydrogen) atoms. The Morgan fingerprint density at radius 2 is 0.879 bits per heavy atom. The first-order chi connectivity index (χ1) is 28.0. The molecule has 0 aromatic heterocycles. The lowest BCUT2D eigenvalue weighted by Crippen LogP contribution is -2.37. The maximum absolute atomic E-state index is 12.7. The topological polar surface area (TPSA) is 111 Å². The van der Waals surface area contributed by atoms with Gasteiger partial charge < -0.3 is 27.9 Å². The number of carbonyl (C=O) groups excluding carboxylic acids is 2. The Balaban J connectivity index is 4.21.